The van der Waals surface area contributed by atoms with Gasteiger partial charge in [0.05, 0.1) is 28.4 Å². The summed E-state index contributed by atoms with van der Waals surface area (Å²) < 4.78 is 28.6. The normalized spacial score (nSPS) is 12.3. The molecule has 0 amide bonds. The highest BCUT2D eigenvalue weighted by Crippen LogP contribution is 2.48. The molecule has 4 aromatic carbocycles. The molecule has 0 saturated heterocycles. The zero-order valence-electron chi connectivity index (χ0n) is 27.1. The Labute approximate surface area is 265 Å². The molecule has 0 radical (unpaired) electrons. The minimum absolute atomic E-state index is 0.0189. The quantitative estimate of drug-likeness (QED) is 0.130. The van der Waals surface area contributed by atoms with Crippen molar-refractivity contribution in [1.29, 1.82) is 0 Å². The third kappa shape index (κ3) is 7.33. The Morgan fingerprint density at radius 1 is 0.600 bits per heavy atom. The number of rotatable bonds is 14. The molecule has 4 aromatic rings. The first-order valence-corrected chi connectivity index (χ1v) is 15.2. The topological polar surface area (TPSA) is 107 Å². The minimum Gasteiger partial charge on any atom is -0.504 e. The van der Waals surface area contributed by atoms with Gasteiger partial charge in [0, 0.05) is 11.1 Å². The molecule has 0 heterocycles. The summed E-state index contributed by atoms with van der Waals surface area (Å²) in [5.41, 5.74) is 4.57. The van der Waals surface area contributed by atoms with E-state index in [-0.39, 0.29) is 34.7 Å². The molecule has 45 heavy (non-hydrogen) atoms. The van der Waals surface area contributed by atoms with Gasteiger partial charge in [-0.2, -0.15) is 0 Å². The molecule has 240 valence electrons. The summed E-state index contributed by atoms with van der Waals surface area (Å²) in [6, 6.07) is 18.5. The van der Waals surface area contributed by atoms with Crippen molar-refractivity contribution in [1.82, 2.24) is 0 Å². The fraction of sp³-hybridized carbons (Fsp3) is 0.351. The van der Waals surface area contributed by atoms with Gasteiger partial charge in [0.2, 0.25) is 0 Å². The Bertz CT molecular complexity index is 1610. The number of phenols is 3. The van der Waals surface area contributed by atoms with Crippen molar-refractivity contribution in [3.63, 3.8) is 0 Å². The van der Waals surface area contributed by atoms with Gasteiger partial charge in [0.15, 0.2) is 46.0 Å². The smallest absolute Gasteiger partial charge is 0.165 e. The molecular weight excluding hydrogens is 572 g/mol. The van der Waals surface area contributed by atoms with E-state index in [1.54, 1.807) is 25.3 Å². The average molecular weight is 617 g/mol. The van der Waals surface area contributed by atoms with E-state index in [2.05, 4.69) is 13.8 Å². The highest BCUT2D eigenvalue weighted by molar-refractivity contribution is 5.81. The molecule has 0 aliphatic carbocycles. The van der Waals surface area contributed by atoms with Crippen LogP contribution in [0.5, 0.6) is 46.0 Å². The van der Waals surface area contributed by atoms with Crippen LogP contribution in [0.3, 0.4) is 0 Å². The van der Waals surface area contributed by atoms with Gasteiger partial charge in [-0.1, -0.05) is 39.3 Å². The van der Waals surface area contributed by atoms with Crippen LogP contribution >= 0.6 is 0 Å². The SMILES string of the molecule is CCCc1ccc(OC(CC)c2cc(OC)c(O)c(-c3cc(C(C)Cc4ccc(O)c(OC)c4)cc(OC)c3O)c2)c(OC)c1. The van der Waals surface area contributed by atoms with Crippen molar-refractivity contribution in [2.24, 2.45) is 0 Å². The van der Waals surface area contributed by atoms with Crippen molar-refractivity contribution in [3.05, 3.63) is 82.9 Å². The van der Waals surface area contributed by atoms with Crippen LogP contribution < -0.4 is 23.7 Å². The maximum Gasteiger partial charge on any atom is 0.165 e. The van der Waals surface area contributed by atoms with Crippen molar-refractivity contribution in [2.75, 3.05) is 28.4 Å². The third-order valence-electron chi connectivity index (χ3n) is 8.06. The molecule has 8 heteroatoms. The molecule has 8 nitrogen and oxygen atoms in total. The number of ether oxygens (including phenoxy) is 5. The molecule has 3 N–H and O–H groups in total. The second-order valence-electron chi connectivity index (χ2n) is 11.1. The van der Waals surface area contributed by atoms with Crippen LogP contribution in [0.1, 0.15) is 67.9 Å². The summed E-state index contributed by atoms with van der Waals surface area (Å²) >= 11 is 0. The second kappa shape index (κ2) is 14.8. The third-order valence-corrected chi connectivity index (χ3v) is 8.06. The van der Waals surface area contributed by atoms with Crippen LogP contribution in [0.2, 0.25) is 0 Å². The van der Waals surface area contributed by atoms with Gasteiger partial charge in [-0.15, -0.1) is 0 Å². The van der Waals surface area contributed by atoms with Crippen molar-refractivity contribution in [3.8, 4) is 57.1 Å². The summed E-state index contributed by atoms with van der Waals surface area (Å²) in [5, 5.41) is 32.7. The van der Waals surface area contributed by atoms with Crippen LogP contribution in [0.4, 0.5) is 0 Å². The Morgan fingerprint density at radius 3 is 1.73 bits per heavy atom. The molecule has 0 saturated carbocycles. The highest BCUT2D eigenvalue weighted by atomic mass is 16.5. The van der Waals surface area contributed by atoms with Gasteiger partial charge in [-0.05, 0) is 96.0 Å². The summed E-state index contributed by atoms with van der Waals surface area (Å²) in [6.07, 6.45) is 2.82. The number of aromatic hydroxyl groups is 3. The van der Waals surface area contributed by atoms with E-state index >= 15 is 0 Å². The number of aryl methyl sites for hydroxylation is 1. The van der Waals surface area contributed by atoms with E-state index in [1.165, 1.54) is 26.9 Å². The van der Waals surface area contributed by atoms with Crippen LogP contribution in [0.25, 0.3) is 11.1 Å². The number of phenolic OH excluding ortho intramolecular Hbond substituents is 3. The maximum atomic E-state index is 11.3. The van der Waals surface area contributed by atoms with Gasteiger partial charge >= 0.3 is 0 Å². The molecule has 0 aliphatic rings. The first-order valence-electron chi connectivity index (χ1n) is 15.2. The van der Waals surface area contributed by atoms with E-state index in [1.807, 2.05) is 49.4 Å². The summed E-state index contributed by atoms with van der Waals surface area (Å²) in [7, 11) is 6.13. The number of benzene rings is 4. The fourth-order valence-corrected chi connectivity index (χ4v) is 5.56. The molecule has 0 fully saturated rings. The monoisotopic (exact) mass is 616 g/mol. The Hall–Kier alpha value is -4.72. The van der Waals surface area contributed by atoms with Crippen molar-refractivity contribution in [2.45, 2.75) is 58.5 Å². The number of hydrogen-bond donors (Lipinski definition) is 3. The predicted molar refractivity (Wildman–Crippen MR) is 176 cm³/mol. The molecule has 4 rings (SSSR count). The first kappa shape index (κ1) is 33.2. The lowest BCUT2D eigenvalue weighted by Gasteiger charge is -2.23. The molecule has 0 spiro atoms. The minimum atomic E-state index is -0.403. The van der Waals surface area contributed by atoms with E-state index in [4.69, 9.17) is 23.7 Å². The maximum absolute atomic E-state index is 11.3. The largest absolute Gasteiger partial charge is 0.504 e. The zero-order valence-corrected chi connectivity index (χ0v) is 27.1. The van der Waals surface area contributed by atoms with Gasteiger partial charge in [-0.25, -0.2) is 0 Å². The summed E-state index contributed by atoms with van der Waals surface area (Å²) in [6.45, 7) is 6.21. The van der Waals surface area contributed by atoms with Gasteiger partial charge in [0.25, 0.3) is 0 Å². The average Bonchev–Trinajstić information content (AvgIpc) is 3.05. The lowest BCUT2D eigenvalue weighted by atomic mass is 9.89. The predicted octanol–water partition coefficient (Wildman–Crippen LogP) is 8.33. The second-order valence-corrected chi connectivity index (χ2v) is 11.1. The molecule has 0 aromatic heterocycles. The van der Waals surface area contributed by atoms with E-state index in [0.29, 0.717) is 41.2 Å². The molecule has 2 unspecified atom stereocenters. The summed E-state index contributed by atoms with van der Waals surface area (Å²) in [5.74, 6) is 2.05. The van der Waals surface area contributed by atoms with Crippen molar-refractivity contribution < 1.29 is 39.0 Å². The lowest BCUT2D eigenvalue weighted by Crippen LogP contribution is -2.08. The van der Waals surface area contributed by atoms with Crippen molar-refractivity contribution >= 4 is 0 Å². The van der Waals surface area contributed by atoms with Crippen LogP contribution in [0.15, 0.2) is 60.7 Å². The van der Waals surface area contributed by atoms with Crippen LogP contribution in [-0.4, -0.2) is 43.8 Å². The number of hydrogen-bond acceptors (Lipinski definition) is 8. The van der Waals surface area contributed by atoms with Gasteiger partial charge in [0.1, 0.15) is 6.10 Å². The van der Waals surface area contributed by atoms with Gasteiger partial charge < -0.3 is 39.0 Å². The highest BCUT2D eigenvalue weighted by Gasteiger charge is 2.24. The first-order chi connectivity index (χ1) is 21.7. The van der Waals surface area contributed by atoms with Crippen LogP contribution in [-0.2, 0) is 12.8 Å². The molecular formula is C37H44O8. The molecule has 0 aliphatic heterocycles. The summed E-state index contributed by atoms with van der Waals surface area (Å²) in [4.78, 5) is 0. The Balaban J connectivity index is 1.76. The Morgan fingerprint density at radius 2 is 1.16 bits per heavy atom. The van der Waals surface area contributed by atoms with E-state index in [0.717, 1.165) is 29.5 Å². The number of methoxy groups -OCH3 is 4. The fourth-order valence-electron chi connectivity index (χ4n) is 5.56. The molecule has 2 atom stereocenters. The van der Waals surface area contributed by atoms with Crippen LogP contribution in [0, 0.1) is 0 Å². The van der Waals surface area contributed by atoms with Gasteiger partial charge in [-0.3, -0.25) is 0 Å². The standard InChI is InChI=1S/C37H44O8/c1-8-10-23-12-14-31(33(16-23)42-5)45-30(9-2)26-19-28(37(40)35(21-26)44-7)27-18-25(20-34(43-6)36(27)39)22(3)15-24-11-13-29(38)32(17-24)41-4/h11-14,16-22,30,38-40H,8-10,15H2,1-7H3. The molecule has 0 bridgehead atoms. The van der Waals surface area contributed by atoms with E-state index in [9.17, 15) is 15.3 Å². The zero-order chi connectivity index (χ0) is 32.7. The van der Waals surface area contributed by atoms with E-state index < -0.39 is 6.10 Å². The Kier molecular flexibility index (Phi) is 10.9. The lowest BCUT2D eigenvalue weighted by molar-refractivity contribution is 0.192.